The number of hydrogen-bond donors (Lipinski definition) is 3. The number of aliphatic hydroxyl groups excluding tert-OH is 1. The summed E-state index contributed by atoms with van der Waals surface area (Å²) in [6.07, 6.45) is 0.296. The van der Waals surface area contributed by atoms with Crippen molar-refractivity contribution in [2.45, 2.75) is 31.7 Å². The van der Waals surface area contributed by atoms with Gasteiger partial charge in [0.05, 0.1) is 6.61 Å². The van der Waals surface area contributed by atoms with Crippen LogP contribution in [0.5, 0.6) is 0 Å². The maximum Gasteiger partial charge on any atom is 0.320 e. The SMILES string of the molecule is CC(C)(CO)c1cccc(CC(N)C(=O)O)c1. The van der Waals surface area contributed by atoms with Crippen molar-refractivity contribution in [2.24, 2.45) is 5.73 Å². The Morgan fingerprint density at radius 1 is 1.47 bits per heavy atom. The maximum atomic E-state index is 10.7. The molecule has 0 amide bonds. The molecular formula is C13H19NO3. The Balaban J connectivity index is 2.90. The lowest BCUT2D eigenvalue weighted by atomic mass is 9.84. The Kier molecular flexibility index (Phi) is 4.26. The van der Waals surface area contributed by atoms with E-state index in [1.807, 2.05) is 38.1 Å². The van der Waals surface area contributed by atoms with Gasteiger partial charge in [-0.25, -0.2) is 0 Å². The summed E-state index contributed by atoms with van der Waals surface area (Å²) in [5.41, 5.74) is 7.02. The molecule has 94 valence electrons. The second kappa shape index (κ2) is 5.29. The van der Waals surface area contributed by atoms with E-state index in [1.165, 1.54) is 0 Å². The first kappa shape index (κ1) is 13.7. The lowest BCUT2D eigenvalue weighted by molar-refractivity contribution is -0.138. The molecule has 4 heteroatoms. The number of rotatable bonds is 5. The first-order valence-electron chi connectivity index (χ1n) is 5.55. The van der Waals surface area contributed by atoms with Gasteiger partial charge in [0.2, 0.25) is 0 Å². The van der Waals surface area contributed by atoms with Crippen LogP contribution in [-0.4, -0.2) is 28.8 Å². The number of carboxylic acids is 1. The van der Waals surface area contributed by atoms with Gasteiger partial charge in [0.25, 0.3) is 0 Å². The van der Waals surface area contributed by atoms with Crippen LogP contribution in [0.25, 0.3) is 0 Å². The third-order valence-corrected chi connectivity index (χ3v) is 2.88. The zero-order valence-electron chi connectivity index (χ0n) is 10.2. The molecule has 0 saturated carbocycles. The standard InChI is InChI=1S/C13H19NO3/c1-13(2,8-15)10-5-3-4-9(6-10)7-11(14)12(16)17/h3-6,11,15H,7-8,14H2,1-2H3,(H,16,17). The predicted octanol–water partition coefficient (Wildman–Crippen LogP) is 0.911. The molecule has 0 aromatic heterocycles. The van der Waals surface area contributed by atoms with E-state index in [0.29, 0.717) is 6.42 Å². The van der Waals surface area contributed by atoms with E-state index < -0.39 is 12.0 Å². The van der Waals surface area contributed by atoms with Crippen LogP contribution < -0.4 is 5.73 Å². The van der Waals surface area contributed by atoms with Crippen molar-refractivity contribution in [3.8, 4) is 0 Å². The third kappa shape index (κ3) is 3.54. The smallest absolute Gasteiger partial charge is 0.320 e. The molecule has 0 bridgehead atoms. The van der Waals surface area contributed by atoms with Crippen LogP contribution in [-0.2, 0) is 16.6 Å². The second-order valence-electron chi connectivity index (χ2n) is 4.89. The molecule has 0 aliphatic heterocycles. The van der Waals surface area contributed by atoms with Gasteiger partial charge in [-0.3, -0.25) is 4.79 Å². The Morgan fingerprint density at radius 3 is 2.65 bits per heavy atom. The van der Waals surface area contributed by atoms with Crippen molar-refractivity contribution in [2.75, 3.05) is 6.61 Å². The van der Waals surface area contributed by atoms with Crippen LogP contribution in [0.2, 0.25) is 0 Å². The molecule has 1 rings (SSSR count). The van der Waals surface area contributed by atoms with Gasteiger partial charge >= 0.3 is 5.97 Å². The molecule has 1 aromatic rings. The highest BCUT2D eigenvalue weighted by Gasteiger charge is 2.20. The van der Waals surface area contributed by atoms with E-state index in [-0.39, 0.29) is 12.0 Å². The molecule has 4 nitrogen and oxygen atoms in total. The molecule has 0 heterocycles. The van der Waals surface area contributed by atoms with E-state index in [0.717, 1.165) is 11.1 Å². The van der Waals surface area contributed by atoms with E-state index >= 15 is 0 Å². The Morgan fingerprint density at radius 2 is 2.12 bits per heavy atom. The summed E-state index contributed by atoms with van der Waals surface area (Å²) in [5, 5.41) is 18.0. The minimum atomic E-state index is -1.00. The summed E-state index contributed by atoms with van der Waals surface area (Å²) in [4.78, 5) is 10.7. The average molecular weight is 237 g/mol. The number of carbonyl (C=O) groups is 1. The first-order chi connectivity index (χ1) is 7.86. The van der Waals surface area contributed by atoms with E-state index in [2.05, 4.69) is 0 Å². The van der Waals surface area contributed by atoms with E-state index in [4.69, 9.17) is 10.8 Å². The Labute approximate surface area is 101 Å². The van der Waals surface area contributed by atoms with Gasteiger partial charge in [0.1, 0.15) is 6.04 Å². The van der Waals surface area contributed by atoms with Crippen molar-refractivity contribution in [1.82, 2.24) is 0 Å². The molecular weight excluding hydrogens is 218 g/mol. The first-order valence-corrected chi connectivity index (χ1v) is 5.55. The highest BCUT2D eigenvalue weighted by Crippen LogP contribution is 2.23. The molecule has 0 saturated heterocycles. The van der Waals surface area contributed by atoms with Crippen LogP contribution in [0.4, 0.5) is 0 Å². The fourth-order valence-electron chi connectivity index (χ4n) is 1.55. The van der Waals surface area contributed by atoms with Crippen molar-refractivity contribution < 1.29 is 15.0 Å². The van der Waals surface area contributed by atoms with Crippen LogP contribution in [0.15, 0.2) is 24.3 Å². The van der Waals surface area contributed by atoms with Crippen LogP contribution in [0, 0.1) is 0 Å². The molecule has 17 heavy (non-hydrogen) atoms. The molecule has 0 aliphatic carbocycles. The van der Waals surface area contributed by atoms with Crippen molar-refractivity contribution in [3.05, 3.63) is 35.4 Å². The van der Waals surface area contributed by atoms with Crippen molar-refractivity contribution in [1.29, 1.82) is 0 Å². The lowest BCUT2D eigenvalue weighted by Crippen LogP contribution is -2.32. The molecule has 1 unspecified atom stereocenters. The van der Waals surface area contributed by atoms with Gasteiger partial charge in [0, 0.05) is 5.41 Å². The monoisotopic (exact) mass is 237 g/mol. The number of aliphatic hydroxyl groups is 1. The quantitative estimate of drug-likeness (QED) is 0.710. The maximum absolute atomic E-state index is 10.7. The Hall–Kier alpha value is -1.39. The lowest BCUT2D eigenvalue weighted by Gasteiger charge is -2.23. The van der Waals surface area contributed by atoms with Gasteiger partial charge in [-0.2, -0.15) is 0 Å². The number of benzene rings is 1. The van der Waals surface area contributed by atoms with Crippen LogP contribution >= 0.6 is 0 Å². The molecule has 1 atom stereocenters. The normalized spacial score (nSPS) is 13.4. The number of carboxylic acid groups (broad SMARTS) is 1. The van der Waals surface area contributed by atoms with Gasteiger partial charge < -0.3 is 15.9 Å². The molecule has 0 aliphatic rings. The predicted molar refractivity (Wildman–Crippen MR) is 65.9 cm³/mol. The topological polar surface area (TPSA) is 83.5 Å². The van der Waals surface area contributed by atoms with Gasteiger partial charge in [0.15, 0.2) is 0 Å². The molecule has 0 radical (unpaired) electrons. The van der Waals surface area contributed by atoms with E-state index in [1.54, 1.807) is 0 Å². The minimum Gasteiger partial charge on any atom is -0.480 e. The number of aliphatic carboxylic acids is 1. The summed E-state index contributed by atoms with van der Waals surface area (Å²) in [6, 6.07) is 6.64. The number of nitrogens with two attached hydrogens (primary N) is 1. The highest BCUT2D eigenvalue weighted by atomic mass is 16.4. The summed E-state index contributed by atoms with van der Waals surface area (Å²) < 4.78 is 0. The summed E-state index contributed by atoms with van der Waals surface area (Å²) in [5.74, 6) is -1.00. The van der Waals surface area contributed by atoms with Gasteiger partial charge in [-0.15, -0.1) is 0 Å². The van der Waals surface area contributed by atoms with Crippen molar-refractivity contribution >= 4 is 5.97 Å². The van der Waals surface area contributed by atoms with Gasteiger partial charge in [-0.1, -0.05) is 38.1 Å². The van der Waals surface area contributed by atoms with Crippen LogP contribution in [0.3, 0.4) is 0 Å². The second-order valence-corrected chi connectivity index (χ2v) is 4.89. The molecule has 0 fully saturated rings. The summed E-state index contributed by atoms with van der Waals surface area (Å²) >= 11 is 0. The summed E-state index contributed by atoms with van der Waals surface area (Å²) in [7, 11) is 0. The van der Waals surface area contributed by atoms with Crippen molar-refractivity contribution in [3.63, 3.8) is 0 Å². The molecule has 1 aromatic carbocycles. The zero-order valence-corrected chi connectivity index (χ0v) is 10.2. The number of hydrogen-bond acceptors (Lipinski definition) is 3. The highest BCUT2D eigenvalue weighted by molar-refractivity contribution is 5.73. The fourth-order valence-corrected chi connectivity index (χ4v) is 1.55. The zero-order chi connectivity index (χ0) is 13.1. The minimum absolute atomic E-state index is 0.0431. The molecule has 4 N–H and O–H groups in total. The van der Waals surface area contributed by atoms with E-state index in [9.17, 15) is 9.90 Å². The summed E-state index contributed by atoms with van der Waals surface area (Å²) in [6.45, 7) is 3.91. The van der Waals surface area contributed by atoms with Crippen LogP contribution in [0.1, 0.15) is 25.0 Å². The third-order valence-electron chi connectivity index (χ3n) is 2.88. The average Bonchev–Trinajstić information content (AvgIpc) is 2.29. The molecule has 0 spiro atoms. The fraction of sp³-hybridized carbons (Fsp3) is 0.462. The van der Waals surface area contributed by atoms with Gasteiger partial charge in [-0.05, 0) is 17.5 Å². The Bertz CT molecular complexity index is 401. The largest absolute Gasteiger partial charge is 0.480 e.